The quantitative estimate of drug-likeness (QED) is 0.584. The second-order valence-electron chi connectivity index (χ2n) is 5.78. The summed E-state index contributed by atoms with van der Waals surface area (Å²) in [7, 11) is 2.14. The maximum absolute atomic E-state index is 2.27. The third-order valence-electron chi connectivity index (χ3n) is 4.43. The number of fused-ring (bicyclic) bond motifs is 2. The number of pyridine rings is 1. The molecule has 0 radical (unpaired) electrons. The lowest BCUT2D eigenvalue weighted by Crippen LogP contribution is -2.32. The zero-order chi connectivity index (χ0) is 15.1. The standard InChI is InChI=1S/C20H18NS/c1-14-17-8-4-3-6-15(17)9-10-18(14)19-20-16(7-5-13-22-20)11-12-21(19)2/h3-6,8-13H,7H2,1-2H3/q+1. The molecule has 1 aliphatic heterocycles. The molecule has 22 heavy (non-hydrogen) atoms. The van der Waals surface area contributed by atoms with Crippen molar-refractivity contribution >= 4 is 22.5 Å². The second kappa shape index (κ2) is 5.29. The van der Waals surface area contributed by atoms with Gasteiger partial charge in [-0.1, -0.05) is 48.2 Å². The molecule has 0 spiro atoms. The lowest BCUT2D eigenvalue weighted by atomic mass is 9.96. The second-order valence-corrected chi connectivity index (χ2v) is 6.70. The first-order valence-electron chi connectivity index (χ1n) is 7.57. The molecule has 0 aliphatic carbocycles. The summed E-state index contributed by atoms with van der Waals surface area (Å²) in [5.41, 5.74) is 5.45. The first-order valence-corrected chi connectivity index (χ1v) is 8.45. The van der Waals surface area contributed by atoms with Gasteiger partial charge in [0.2, 0.25) is 5.69 Å². The van der Waals surface area contributed by atoms with Gasteiger partial charge >= 0.3 is 0 Å². The Balaban J connectivity index is 2.03. The van der Waals surface area contributed by atoms with E-state index in [2.05, 4.69) is 78.7 Å². The predicted octanol–water partition coefficient (Wildman–Crippen LogP) is 4.80. The first kappa shape index (κ1) is 13.6. The van der Waals surface area contributed by atoms with E-state index >= 15 is 0 Å². The molecule has 0 amide bonds. The number of aromatic nitrogens is 1. The number of hydrogen-bond donors (Lipinski definition) is 0. The molecule has 2 aromatic carbocycles. The van der Waals surface area contributed by atoms with Gasteiger partial charge in [0.25, 0.3) is 0 Å². The molecule has 0 bridgehead atoms. The highest BCUT2D eigenvalue weighted by Gasteiger charge is 2.23. The van der Waals surface area contributed by atoms with Gasteiger partial charge in [-0.15, -0.1) is 0 Å². The van der Waals surface area contributed by atoms with E-state index in [0.29, 0.717) is 0 Å². The zero-order valence-electron chi connectivity index (χ0n) is 12.8. The van der Waals surface area contributed by atoms with Gasteiger partial charge in [-0.05, 0) is 46.7 Å². The minimum absolute atomic E-state index is 1.03. The average Bonchev–Trinajstić information content (AvgIpc) is 2.56. The van der Waals surface area contributed by atoms with Crippen molar-refractivity contribution in [2.45, 2.75) is 18.2 Å². The van der Waals surface area contributed by atoms with Crippen LogP contribution in [0, 0.1) is 6.92 Å². The van der Waals surface area contributed by atoms with E-state index in [9.17, 15) is 0 Å². The highest BCUT2D eigenvalue weighted by molar-refractivity contribution is 8.02. The highest BCUT2D eigenvalue weighted by Crippen LogP contribution is 2.38. The third-order valence-corrected chi connectivity index (χ3v) is 5.45. The van der Waals surface area contributed by atoms with Crippen LogP contribution < -0.4 is 4.57 Å². The van der Waals surface area contributed by atoms with Gasteiger partial charge in [-0.2, -0.15) is 0 Å². The molecule has 2 heterocycles. The van der Waals surface area contributed by atoms with Crippen molar-refractivity contribution in [1.82, 2.24) is 0 Å². The molecular formula is C20H18NS+. The number of aryl methyl sites for hydroxylation is 2. The molecule has 0 atom stereocenters. The van der Waals surface area contributed by atoms with Crippen LogP contribution in [0.25, 0.3) is 22.0 Å². The van der Waals surface area contributed by atoms with Crippen LogP contribution in [0.15, 0.2) is 65.0 Å². The number of nitrogens with zero attached hydrogens (tertiary/aromatic N) is 1. The summed E-state index contributed by atoms with van der Waals surface area (Å²) in [5.74, 6) is 0. The van der Waals surface area contributed by atoms with Gasteiger partial charge < -0.3 is 0 Å². The van der Waals surface area contributed by atoms with Crippen LogP contribution in [0.3, 0.4) is 0 Å². The Kier molecular flexibility index (Phi) is 3.27. The van der Waals surface area contributed by atoms with Crippen molar-refractivity contribution in [3.05, 3.63) is 71.3 Å². The largest absolute Gasteiger partial charge is 0.226 e. The molecule has 3 aromatic rings. The molecule has 0 fully saturated rings. The van der Waals surface area contributed by atoms with E-state index in [1.807, 2.05) is 11.8 Å². The van der Waals surface area contributed by atoms with Gasteiger partial charge in [0, 0.05) is 6.07 Å². The number of thioether (sulfide) groups is 1. The van der Waals surface area contributed by atoms with Gasteiger partial charge in [-0.3, -0.25) is 0 Å². The SMILES string of the molecule is Cc1c(-c2c3c(cc[n+]2C)CC=CS3)ccc2ccccc12. The van der Waals surface area contributed by atoms with Crippen LogP contribution in [-0.2, 0) is 13.5 Å². The summed E-state index contributed by atoms with van der Waals surface area (Å²) in [4.78, 5) is 1.39. The molecule has 0 unspecified atom stereocenters. The van der Waals surface area contributed by atoms with Crippen molar-refractivity contribution in [2.24, 2.45) is 7.05 Å². The highest BCUT2D eigenvalue weighted by atomic mass is 32.2. The fraction of sp³-hybridized carbons (Fsp3) is 0.150. The molecule has 0 saturated heterocycles. The Morgan fingerprint density at radius 3 is 2.82 bits per heavy atom. The van der Waals surface area contributed by atoms with Crippen LogP contribution >= 0.6 is 11.8 Å². The average molecular weight is 304 g/mol. The Hall–Kier alpha value is -2.06. The fourth-order valence-corrected chi connectivity index (χ4v) is 4.24. The molecule has 1 aromatic heterocycles. The van der Waals surface area contributed by atoms with E-state index in [0.717, 1.165) is 6.42 Å². The Morgan fingerprint density at radius 2 is 1.91 bits per heavy atom. The maximum atomic E-state index is 2.27. The minimum atomic E-state index is 1.03. The smallest absolute Gasteiger partial charge is 0.200 e. The van der Waals surface area contributed by atoms with Gasteiger partial charge in [0.15, 0.2) is 6.20 Å². The molecule has 0 N–H and O–H groups in total. The third kappa shape index (κ3) is 2.06. The molecular weight excluding hydrogens is 286 g/mol. The lowest BCUT2D eigenvalue weighted by Gasteiger charge is -2.15. The Labute approximate surface area is 135 Å². The summed E-state index contributed by atoms with van der Waals surface area (Å²) in [5, 5.41) is 4.86. The minimum Gasteiger partial charge on any atom is -0.200 e. The van der Waals surface area contributed by atoms with E-state index < -0.39 is 0 Å². The fourth-order valence-electron chi connectivity index (χ4n) is 3.24. The van der Waals surface area contributed by atoms with Crippen LogP contribution in [0.5, 0.6) is 0 Å². The molecule has 1 nitrogen and oxygen atoms in total. The first-order chi connectivity index (χ1) is 10.8. The molecule has 0 saturated carbocycles. The number of benzene rings is 2. The van der Waals surface area contributed by atoms with E-state index in [4.69, 9.17) is 0 Å². The van der Waals surface area contributed by atoms with E-state index in [1.165, 1.54) is 38.1 Å². The van der Waals surface area contributed by atoms with Gasteiger partial charge in [0.1, 0.15) is 7.05 Å². The molecule has 4 rings (SSSR count). The van der Waals surface area contributed by atoms with Crippen molar-refractivity contribution in [2.75, 3.05) is 0 Å². The van der Waals surface area contributed by atoms with Crippen LogP contribution in [0.2, 0.25) is 0 Å². The number of rotatable bonds is 1. The van der Waals surface area contributed by atoms with Crippen LogP contribution in [-0.4, -0.2) is 0 Å². The normalized spacial score (nSPS) is 13.4. The lowest BCUT2D eigenvalue weighted by molar-refractivity contribution is -0.662. The zero-order valence-corrected chi connectivity index (χ0v) is 13.7. The number of hydrogen-bond acceptors (Lipinski definition) is 1. The van der Waals surface area contributed by atoms with E-state index in [1.54, 1.807) is 0 Å². The van der Waals surface area contributed by atoms with Crippen molar-refractivity contribution in [3.63, 3.8) is 0 Å². The molecule has 1 aliphatic rings. The summed E-state index contributed by atoms with van der Waals surface area (Å²) >= 11 is 1.84. The van der Waals surface area contributed by atoms with Crippen molar-refractivity contribution in [1.29, 1.82) is 0 Å². The maximum Gasteiger partial charge on any atom is 0.226 e. The summed E-state index contributed by atoms with van der Waals surface area (Å²) in [6.07, 6.45) is 5.45. The number of allylic oxidation sites excluding steroid dienone is 1. The van der Waals surface area contributed by atoms with Crippen molar-refractivity contribution < 1.29 is 4.57 Å². The molecule has 2 heteroatoms. The van der Waals surface area contributed by atoms with Gasteiger partial charge in [0.05, 0.1) is 10.5 Å². The molecule has 108 valence electrons. The monoisotopic (exact) mass is 304 g/mol. The summed E-state index contributed by atoms with van der Waals surface area (Å²) < 4.78 is 2.25. The van der Waals surface area contributed by atoms with Crippen molar-refractivity contribution in [3.8, 4) is 11.3 Å². The Morgan fingerprint density at radius 1 is 1.05 bits per heavy atom. The topological polar surface area (TPSA) is 3.88 Å². The van der Waals surface area contributed by atoms with Crippen LogP contribution in [0.1, 0.15) is 11.1 Å². The summed E-state index contributed by atoms with van der Waals surface area (Å²) in [6.45, 7) is 2.24. The van der Waals surface area contributed by atoms with E-state index in [-0.39, 0.29) is 0 Å². The summed E-state index contributed by atoms with van der Waals surface area (Å²) in [6, 6.07) is 15.4. The predicted molar refractivity (Wildman–Crippen MR) is 94.0 cm³/mol. The van der Waals surface area contributed by atoms with Crippen LogP contribution in [0.4, 0.5) is 0 Å². The Bertz CT molecular complexity index is 909. The van der Waals surface area contributed by atoms with Gasteiger partial charge in [-0.25, -0.2) is 4.57 Å².